The zero-order chi connectivity index (χ0) is 9.90. The van der Waals surface area contributed by atoms with Gasteiger partial charge < -0.3 is 5.11 Å². The molecule has 0 saturated heterocycles. The van der Waals surface area contributed by atoms with Gasteiger partial charge >= 0.3 is 5.97 Å². The molecule has 0 radical (unpaired) electrons. The number of allylic oxidation sites excluding steroid dienone is 2. The molecule has 0 bridgehead atoms. The molecule has 1 aliphatic rings. The van der Waals surface area contributed by atoms with Crippen molar-refractivity contribution in [1.82, 2.24) is 5.43 Å². The van der Waals surface area contributed by atoms with Gasteiger partial charge in [-0.2, -0.15) is 0 Å². The van der Waals surface area contributed by atoms with E-state index in [2.05, 4.69) is 5.43 Å². The first kappa shape index (κ1) is 9.95. The molecular weight excluding hydrogens is 168 g/mol. The van der Waals surface area contributed by atoms with E-state index in [0.29, 0.717) is 5.57 Å². The first-order chi connectivity index (χ1) is 6.11. The fraction of sp³-hybridized carbons (Fsp3) is 0.444. The molecule has 0 saturated carbocycles. The van der Waals surface area contributed by atoms with E-state index in [0.717, 1.165) is 12.8 Å². The lowest BCUT2D eigenvalue weighted by atomic mass is 9.89. The third kappa shape index (κ3) is 1.79. The molecule has 0 aromatic heterocycles. The van der Waals surface area contributed by atoms with Gasteiger partial charge in [-0.25, -0.2) is 10.2 Å². The maximum absolute atomic E-state index is 10.9. The monoisotopic (exact) mass is 182 g/mol. The van der Waals surface area contributed by atoms with E-state index >= 15 is 0 Å². The summed E-state index contributed by atoms with van der Waals surface area (Å²) in [5, 5.41) is 8.97. The largest absolute Gasteiger partial charge is 0.480 e. The summed E-state index contributed by atoms with van der Waals surface area (Å²) in [6.45, 7) is 1.55. The number of carbonyl (C=O) groups is 1. The minimum Gasteiger partial charge on any atom is -0.480 e. The third-order valence-electron chi connectivity index (χ3n) is 2.29. The van der Waals surface area contributed by atoms with Crippen LogP contribution in [0.5, 0.6) is 0 Å². The summed E-state index contributed by atoms with van der Waals surface area (Å²) in [6.07, 6.45) is 7.49. The number of aliphatic carboxylic acids is 1. The summed E-state index contributed by atoms with van der Waals surface area (Å²) < 4.78 is 0. The van der Waals surface area contributed by atoms with Gasteiger partial charge in [-0.15, -0.1) is 0 Å². The number of nitrogens with one attached hydrogen (secondary N) is 1. The lowest BCUT2D eigenvalue weighted by Gasteiger charge is -2.26. The maximum Gasteiger partial charge on any atom is 0.329 e. The molecule has 0 spiro atoms. The van der Waals surface area contributed by atoms with Crippen LogP contribution in [-0.2, 0) is 4.79 Å². The van der Waals surface area contributed by atoms with Crippen molar-refractivity contribution < 1.29 is 9.90 Å². The molecule has 0 aliphatic heterocycles. The van der Waals surface area contributed by atoms with Gasteiger partial charge in [0.1, 0.15) is 0 Å². The highest BCUT2D eigenvalue weighted by molar-refractivity contribution is 5.83. The zero-order valence-electron chi connectivity index (χ0n) is 7.58. The number of hydrogen-bond donors (Lipinski definition) is 3. The molecule has 0 heterocycles. The predicted octanol–water partition coefficient (Wildman–Crippen LogP) is 0.569. The van der Waals surface area contributed by atoms with E-state index < -0.39 is 11.5 Å². The van der Waals surface area contributed by atoms with E-state index in [1.54, 1.807) is 13.0 Å². The van der Waals surface area contributed by atoms with Crippen LogP contribution >= 0.6 is 0 Å². The summed E-state index contributed by atoms with van der Waals surface area (Å²) in [4.78, 5) is 10.9. The molecule has 72 valence electrons. The second kappa shape index (κ2) is 3.72. The highest BCUT2D eigenvalue weighted by Gasteiger charge is 2.34. The number of rotatable bonds is 3. The van der Waals surface area contributed by atoms with Gasteiger partial charge in [0.15, 0.2) is 5.54 Å². The van der Waals surface area contributed by atoms with Crippen molar-refractivity contribution in [3.63, 3.8) is 0 Å². The molecule has 1 aliphatic carbocycles. The summed E-state index contributed by atoms with van der Waals surface area (Å²) in [6, 6.07) is 0. The van der Waals surface area contributed by atoms with E-state index in [4.69, 9.17) is 10.9 Å². The van der Waals surface area contributed by atoms with Crippen LogP contribution in [0.15, 0.2) is 23.8 Å². The number of carboxylic acids is 1. The van der Waals surface area contributed by atoms with Gasteiger partial charge in [-0.05, 0) is 25.3 Å². The molecule has 1 atom stereocenters. The second-order valence-electron chi connectivity index (χ2n) is 3.21. The lowest BCUT2D eigenvalue weighted by Crippen LogP contribution is -2.54. The van der Waals surface area contributed by atoms with Gasteiger partial charge in [-0.1, -0.05) is 18.2 Å². The van der Waals surface area contributed by atoms with Crippen LogP contribution in [0.3, 0.4) is 0 Å². The van der Waals surface area contributed by atoms with Gasteiger partial charge in [-0.3, -0.25) is 5.84 Å². The summed E-state index contributed by atoms with van der Waals surface area (Å²) in [7, 11) is 0. The van der Waals surface area contributed by atoms with Crippen LogP contribution < -0.4 is 11.3 Å². The predicted molar refractivity (Wildman–Crippen MR) is 49.8 cm³/mol. The number of nitrogens with two attached hydrogens (primary N) is 1. The van der Waals surface area contributed by atoms with Gasteiger partial charge in [0.2, 0.25) is 0 Å². The van der Waals surface area contributed by atoms with Crippen LogP contribution in [0, 0.1) is 0 Å². The number of hydrogen-bond acceptors (Lipinski definition) is 3. The first-order valence-electron chi connectivity index (χ1n) is 4.19. The first-order valence-corrected chi connectivity index (χ1v) is 4.19. The molecule has 0 aromatic rings. The van der Waals surface area contributed by atoms with Crippen molar-refractivity contribution >= 4 is 5.97 Å². The van der Waals surface area contributed by atoms with Crippen molar-refractivity contribution in [2.75, 3.05) is 0 Å². The van der Waals surface area contributed by atoms with E-state index in [1.807, 2.05) is 12.2 Å². The molecule has 13 heavy (non-hydrogen) atoms. The molecule has 0 amide bonds. The minimum atomic E-state index is -1.17. The number of carboxylic acid groups (broad SMARTS) is 1. The standard InChI is InChI=1S/C9H14N2O2/c1-9(11-10,8(12)13)7-5-3-2-4-6-7/h3,5-6,11H,2,4,10H2,1H3,(H,12,13). The Labute approximate surface area is 77.1 Å². The fourth-order valence-corrected chi connectivity index (χ4v) is 1.25. The van der Waals surface area contributed by atoms with Crippen molar-refractivity contribution in [2.24, 2.45) is 5.84 Å². The minimum absolute atomic E-state index is 0.716. The van der Waals surface area contributed by atoms with Crippen LogP contribution in [0.25, 0.3) is 0 Å². The van der Waals surface area contributed by atoms with E-state index in [-0.39, 0.29) is 0 Å². The Bertz CT molecular complexity index is 271. The highest BCUT2D eigenvalue weighted by Crippen LogP contribution is 2.21. The van der Waals surface area contributed by atoms with Crippen molar-refractivity contribution in [3.8, 4) is 0 Å². The smallest absolute Gasteiger partial charge is 0.329 e. The van der Waals surface area contributed by atoms with Crippen molar-refractivity contribution in [2.45, 2.75) is 25.3 Å². The molecule has 4 nitrogen and oxygen atoms in total. The quantitative estimate of drug-likeness (QED) is 0.440. The molecule has 1 rings (SSSR count). The van der Waals surface area contributed by atoms with Crippen molar-refractivity contribution in [1.29, 1.82) is 0 Å². The maximum atomic E-state index is 10.9. The number of hydrazine groups is 1. The Hall–Kier alpha value is -1.13. The fourth-order valence-electron chi connectivity index (χ4n) is 1.25. The van der Waals surface area contributed by atoms with Gasteiger partial charge in [0, 0.05) is 0 Å². The zero-order valence-corrected chi connectivity index (χ0v) is 7.58. The summed E-state index contributed by atoms with van der Waals surface area (Å²) in [5.41, 5.74) is 1.88. The average Bonchev–Trinajstić information content (AvgIpc) is 2.17. The average molecular weight is 182 g/mol. The Balaban J connectivity index is 2.94. The molecule has 1 unspecified atom stereocenters. The van der Waals surface area contributed by atoms with Crippen LogP contribution in [0.1, 0.15) is 19.8 Å². The van der Waals surface area contributed by atoms with Gasteiger partial charge in [0.05, 0.1) is 0 Å². The second-order valence-corrected chi connectivity index (χ2v) is 3.21. The molecular formula is C9H14N2O2. The normalized spacial score (nSPS) is 20.6. The Morgan fingerprint density at radius 2 is 2.38 bits per heavy atom. The van der Waals surface area contributed by atoms with Gasteiger partial charge in [0.25, 0.3) is 0 Å². The van der Waals surface area contributed by atoms with E-state index in [1.165, 1.54) is 0 Å². The SMILES string of the molecule is CC(NN)(C(=O)O)C1=CCCC=C1. The van der Waals surface area contributed by atoms with Crippen molar-refractivity contribution in [3.05, 3.63) is 23.8 Å². The topological polar surface area (TPSA) is 75.3 Å². The molecule has 4 N–H and O–H groups in total. The van der Waals surface area contributed by atoms with Crippen LogP contribution in [0.4, 0.5) is 0 Å². The molecule has 0 fully saturated rings. The summed E-state index contributed by atoms with van der Waals surface area (Å²) >= 11 is 0. The Kier molecular flexibility index (Phi) is 2.85. The Morgan fingerprint density at radius 1 is 1.69 bits per heavy atom. The molecule has 4 heteroatoms. The van der Waals surface area contributed by atoms with Crippen LogP contribution in [0.2, 0.25) is 0 Å². The Morgan fingerprint density at radius 3 is 2.77 bits per heavy atom. The molecule has 0 aromatic carbocycles. The highest BCUT2D eigenvalue weighted by atomic mass is 16.4. The lowest BCUT2D eigenvalue weighted by molar-refractivity contribution is -0.142. The van der Waals surface area contributed by atoms with E-state index in [9.17, 15) is 4.79 Å². The summed E-state index contributed by atoms with van der Waals surface area (Å²) in [5.74, 6) is 4.27. The third-order valence-corrected chi connectivity index (χ3v) is 2.29. The van der Waals surface area contributed by atoms with Crippen LogP contribution in [-0.4, -0.2) is 16.6 Å².